The van der Waals surface area contributed by atoms with Gasteiger partial charge in [0.25, 0.3) is 5.91 Å². The average Bonchev–Trinajstić information content (AvgIpc) is 2.43. The lowest BCUT2D eigenvalue weighted by Crippen LogP contribution is -2.12. The zero-order valence-electron chi connectivity index (χ0n) is 11.7. The van der Waals surface area contributed by atoms with Gasteiger partial charge in [-0.2, -0.15) is 0 Å². The third kappa shape index (κ3) is 4.02. The molecule has 0 fully saturated rings. The molecular formula is C16H15F2NO2. The third-order valence-electron chi connectivity index (χ3n) is 2.67. The molecule has 2 aromatic carbocycles. The first-order chi connectivity index (χ1) is 9.95. The summed E-state index contributed by atoms with van der Waals surface area (Å²) >= 11 is 0. The standard InChI is InChI=1S/C16H15F2NO2/c1-10(2)21-13-6-4-12(5-7-13)19-16(20)11-3-8-14(17)15(18)9-11/h3-10H,1-2H3,(H,19,20). The molecule has 3 nitrogen and oxygen atoms in total. The van der Waals surface area contributed by atoms with E-state index in [0.717, 1.165) is 12.1 Å². The van der Waals surface area contributed by atoms with E-state index in [-0.39, 0.29) is 11.7 Å². The van der Waals surface area contributed by atoms with Gasteiger partial charge in [0.05, 0.1) is 6.10 Å². The minimum absolute atomic E-state index is 0.0522. The van der Waals surface area contributed by atoms with E-state index in [2.05, 4.69) is 5.32 Å². The van der Waals surface area contributed by atoms with E-state index < -0.39 is 17.5 Å². The third-order valence-corrected chi connectivity index (χ3v) is 2.67. The zero-order valence-corrected chi connectivity index (χ0v) is 11.7. The van der Waals surface area contributed by atoms with Crippen LogP contribution in [0.25, 0.3) is 0 Å². The summed E-state index contributed by atoms with van der Waals surface area (Å²) in [5.74, 6) is -1.85. The summed E-state index contributed by atoms with van der Waals surface area (Å²) in [6.45, 7) is 3.83. The Balaban J connectivity index is 2.06. The van der Waals surface area contributed by atoms with Gasteiger partial charge < -0.3 is 10.1 Å². The number of rotatable bonds is 4. The Morgan fingerprint density at radius 3 is 2.29 bits per heavy atom. The number of nitrogens with one attached hydrogen (secondary N) is 1. The fourth-order valence-electron chi connectivity index (χ4n) is 1.73. The van der Waals surface area contributed by atoms with E-state index in [4.69, 9.17) is 4.74 Å². The van der Waals surface area contributed by atoms with Gasteiger partial charge in [-0.1, -0.05) is 0 Å². The number of halogens is 2. The number of hydrogen-bond acceptors (Lipinski definition) is 2. The molecule has 1 amide bonds. The minimum Gasteiger partial charge on any atom is -0.491 e. The van der Waals surface area contributed by atoms with Gasteiger partial charge in [0, 0.05) is 11.3 Å². The number of benzene rings is 2. The van der Waals surface area contributed by atoms with Crippen LogP contribution in [0.3, 0.4) is 0 Å². The Hall–Kier alpha value is -2.43. The topological polar surface area (TPSA) is 38.3 Å². The molecule has 0 aliphatic heterocycles. The van der Waals surface area contributed by atoms with E-state index in [0.29, 0.717) is 11.4 Å². The van der Waals surface area contributed by atoms with Crippen LogP contribution in [0.4, 0.5) is 14.5 Å². The Bertz CT molecular complexity index is 639. The Morgan fingerprint density at radius 1 is 1.05 bits per heavy atom. The number of amides is 1. The first-order valence-electron chi connectivity index (χ1n) is 6.49. The first-order valence-corrected chi connectivity index (χ1v) is 6.49. The van der Waals surface area contributed by atoms with Crippen molar-refractivity contribution in [1.82, 2.24) is 0 Å². The van der Waals surface area contributed by atoms with Crippen LogP contribution in [0.15, 0.2) is 42.5 Å². The van der Waals surface area contributed by atoms with Crippen molar-refractivity contribution >= 4 is 11.6 Å². The molecule has 21 heavy (non-hydrogen) atoms. The van der Waals surface area contributed by atoms with Crippen LogP contribution in [-0.4, -0.2) is 12.0 Å². The molecule has 5 heteroatoms. The molecule has 0 aromatic heterocycles. The van der Waals surface area contributed by atoms with Crippen LogP contribution in [-0.2, 0) is 0 Å². The smallest absolute Gasteiger partial charge is 0.255 e. The van der Waals surface area contributed by atoms with Crippen molar-refractivity contribution in [2.45, 2.75) is 20.0 Å². The Labute approximate surface area is 121 Å². The fraction of sp³-hybridized carbons (Fsp3) is 0.188. The zero-order chi connectivity index (χ0) is 15.4. The molecule has 0 aliphatic rings. The van der Waals surface area contributed by atoms with Crippen molar-refractivity contribution in [1.29, 1.82) is 0 Å². The van der Waals surface area contributed by atoms with Crippen molar-refractivity contribution in [2.75, 3.05) is 5.32 Å². The summed E-state index contributed by atoms with van der Waals surface area (Å²) in [7, 11) is 0. The molecule has 110 valence electrons. The molecule has 0 saturated heterocycles. The van der Waals surface area contributed by atoms with Gasteiger partial charge in [0.15, 0.2) is 11.6 Å². The molecule has 1 N–H and O–H groups in total. The monoisotopic (exact) mass is 291 g/mol. The van der Waals surface area contributed by atoms with Crippen molar-refractivity contribution < 1.29 is 18.3 Å². The molecule has 2 aromatic rings. The second kappa shape index (κ2) is 6.35. The van der Waals surface area contributed by atoms with Crippen LogP contribution in [0.1, 0.15) is 24.2 Å². The first kappa shape index (κ1) is 15.0. The molecule has 0 bridgehead atoms. The van der Waals surface area contributed by atoms with Crippen LogP contribution in [0.2, 0.25) is 0 Å². The lowest BCUT2D eigenvalue weighted by molar-refractivity contribution is 0.102. The minimum atomic E-state index is -1.05. The van der Waals surface area contributed by atoms with Crippen LogP contribution < -0.4 is 10.1 Å². The molecule has 0 spiro atoms. The second-order valence-corrected chi connectivity index (χ2v) is 4.77. The summed E-state index contributed by atoms with van der Waals surface area (Å²) in [4.78, 5) is 11.9. The van der Waals surface area contributed by atoms with Gasteiger partial charge in [-0.05, 0) is 56.3 Å². The highest BCUT2D eigenvalue weighted by molar-refractivity contribution is 6.04. The maximum absolute atomic E-state index is 13.1. The maximum atomic E-state index is 13.1. The van der Waals surface area contributed by atoms with Gasteiger partial charge in [-0.15, -0.1) is 0 Å². The fourth-order valence-corrected chi connectivity index (χ4v) is 1.73. The second-order valence-electron chi connectivity index (χ2n) is 4.77. The van der Waals surface area contributed by atoms with Gasteiger partial charge in [0.1, 0.15) is 5.75 Å². The lowest BCUT2D eigenvalue weighted by Gasteiger charge is -2.10. The molecule has 0 unspecified atom stereocenters. The molecule has 0 saturated carbocycles. The maximum Gasteiger partial charge on any atom is 0.255 e. The Kier molecular flexibility index (Phi) is 4.52. The van der Waals surface area contributed by atoms with E-state index in [1.807, 2.05) is 13.8 Å². The number of hydrogen-bond donors (Lipinski definition) is 1. The molecule has 0 radical (unpaired) electrons. The SMILES string of the molecule is CC(C)Oc1ccc(NC(=O)c2ccc(F)c(F)c2)cc1. The molecule has 0 atom stereocenters. The lowest BCUT2D eigenvalue weighted by atomic mass is 10.2. The molecule has 0 heterocycles. The van der Waals surface area contributed by atoms with Crippen molar-refractivity contribution in [3.63, 3.8) is 0 Å². The Morgan fingerprint density at radius 2 is 1.71 bits per heavy atom. The number of carbonyl (C=O) groups excluding carboxylic acids is 1. The van der Waals surface area contributed by atoms with Gasteiger partial charge >= 0.3 is 0 Å². The predicted molar refractivity (Wildman–Crippen MR) is 76.5 cm³/mol. The number of anilines is 1. The highest BCUT2D eigenvalue weighted by Gasteiger charge is 2.10. The van der Waals surface area contributed by atoms with E-state index in [9.17, 15) is 13.6 Å². The highest BCUT2D eigenvalue weighted by Crippen LogP contribution is 2.18. The molecular weight excluding hydrogens is 276 g/mol. The van der Waals surface area contributed by atoms with Crippen molar-refractivity contribution in [2.24, 2.45) is 0 Å². The summed E-state index contributed by atoms with van der Waals surface area (Å²) in [6.07, 6.45) is 0.0626. The van der Waals surface area contributed by atoms with Crippen molar-refractivity contribution in [3.8, 4) is 5.75 Å². The summed E-state index contributed by atoms with van der Waals surface area (Å²) in [6, 6.07) is 9.81. The summed E-state index contributed by atoms with van der Waals surface area (Å²) in [5.41, 5.74) is 0.595. The molecule has 0 aliphatic carbocycles. The number of ether oxygens (including phenoxy) is 1. The van der Waals surface area contributed by atoms with Crippen molar-refractivity contribution in [3.05, 3.63) is 59.7 Å². The highest BCUT2D eigenvalue weighted by atomic mass is 19.2. The number of carbonyl (C=O) groups is 1. The average molecular weight is 291 g/mol. The largest absolute Gasteiger partial charge is 0.491 e. The molecule has 2 rings (SSSR count). The van der Waals surface area contributed by atoms with Gasteiger partial charge in [-0.25, -0.2) is 8.78 Å². The summed E-state index contributed by atoms with van der Waals surface area (Å²) in [5, 5.41) is 2.60. The van der Waals surface area contributed by atoms with E-state index >= 15 is 0 Å². The van der Waals surface area contributed by atoms with Crippen LogP contribution in [0.5, 0.6) is 5.75 Å². The van der Waals surface area contributed by atoms with Gasteiger partial charge in [-0.3, -0.25) is 4.79 Å². The predicted octanol–water partition coefficient (Wildman–Crippen LogP) is 4.00. The van der Waals surface area contributed by atoms with E-state index in [1.165, 1.54) is 6.07 Å². The van der Waals surface area contributed by atoms with Crippen LogP contribution in [0, 0.1) is 11.6 Å². The summed E-state index contributed by atoms with van der Waals surface area (Å²) < 4.78 is 31.4. The van der Waals surface area contributed by atoms with E-state index in [1.54, 1.807) is 24.3 Å². The van der Waals surface area contributed by atoms with Gasteiger partial charge in [0.2, 0.25) is 0 Å². The normalized spacial score (nSPS) is 10.5. The quantitative estimate of drug-likeness (QED) is 0.924. The van der Waals surface area contributed by atoms with Crippen LogP contribution >= 0.6 is 0 Å².